The van der Waals surface area contributed by atoms with Gasteiger partial charge in [0.2, 0.25) is 0 Å². The highest BCUT2D eigenvalue weighted by Gasteiger charge is 2.22. The van der Waals surface area contributed by atoms with Gasteiger partial charge in [0.1, 0.15) is 5.75 Å². The van der Waals surface area contributed by atoms with Gasteiger partial charge in [-0.05, 0) is 48.1 Å². The Kier molecular flexibility index (Phi) is 7.62. The lowest BCUT2D eigenvalue weighted by Crippen LogP contribution is -2.18. The molecule has 0 fully saturated rings. The summed E-state index contributed by atoms with van der Waals surface area (Å²) in [4.78, 5) is 18.1. The second-order valence-corrected chi connectivity index (χ2v) is 8.23. The highest BCUT2D eigenvalue weighted by Crippen LogP contribution is 2.36. The topological polar surface area (TPSA) is 103 Å². The number of nitrogens with zero attached hydrogens (tertiary/aromatic N) is 1. The Morgan fingerprint density at radius 2 is 1.75 bits per heavy atom. The van der Waals surface area contributed by atoms with Crippen LogP contribution in [0.15, 0.2) is 48.5 Å². The van der Waals surface area contributed by atoms with E-state index in [-0.39, 0.29) is 5.91 Å². The van der Waals surface area contributed by atoms with E-state index in [9.17, 15) is 4.79 Å². The molecule has 1 amide bonds. The number of aromatic nitrogens is 1. The van der Waals surface area contributed by atoms with E-state index in [0.29, 0.717) is 36.0 Å². The van der Waals surface area contributed by atoms with Gasteiger partial charge < -0.3 is 21.5 Å². The minimum Gasteiger partial charge on any atom is -0.496 e. The van der Waals surface area contributed by atoms with Crippen LogP contribution >= 0.6 is 0 Å². The zero-order valence-corrected chi connectivity index (χ0v) is 19.2. The van der Waals surface area contributed by atoms with Crippen molar-refractivity contribution < 1.29 is 9.53 Å². The Hall–Kier alpha value is -3.22. The lowest BCUT2D eigenvalue weighted by atomic mass is 9.92. The Morgan fingerprint density at radius 1 is 1.06 bits per heavy atom. The first-order valence-electron chi connectivity index (χ1n) is 10.9. The summed E-state index contributed by atoms with van der Waals surface area (Å²) in [7, 11) is 1.55. The number of ether oxygens (including phenoxy) is 1. The monoisotopic (exact) mass is 432 g/mol. The van der Waals surface area contributed by atoms with Gasteiger partial charge in [0.15, 0.2) is 0 Å². The van der Waals surface area contributed by atoms with Crippen LogP contribution in [0, 0.1) is 12.8 Å². The molecule has 0 aliphatic carbocycles. The zero-order chi connectivity index (χ0) is 23.3. The molecule has 1 aromatic heterocycles. The van der Waals surface area contributed by atoms with Crippen molar-refractivity contribution in [3.63, 3.8) is 0 Å². The lowest BCUT2D eigenvalue weighted by molar-refractivity contribution is 0.102. The summed E-state index contributed by atoms with van der Waals surface area (Å²) in [5.41, 5.74) is 18.7. The van der Waals surface area contributed by atoms with Crippen molar-refractivity contribution in [3.8, 4) is 16.9 Å². The molecular weight excluding hydrogens is 400 g/mol. The Labute approximate surface area is 190 Å². The number of nitrogens with two attached hydrogens (primary N) is 2. The molecule has 0 aliphatic rings. The zero-order valence-electron chi connectivity index (χ0n) is 19.2. The lowest BCUT2D eigenvalue weighted by Gasteiger charge is -2.22. The number of para-hydroxylation sites is 1. The molecule has 0 radical (unpaired) electrons. The second kappa shape index (κ2) is 10.4. The third-order valence-electron chi connectivity index (χ3n) is 5.44. The summed E-state index contributed by atoms with van der Waals surface area (Å²) in [6.07, 6.45) is 0.808. The van der Waals surface area contributed by atoms with E-state index in [1.165, 1.54) is 0 Å². The van der Waals surface area contributed by atoms with Crippen LogP contribution in [0.2, 0.25) is 0 Å². The smallest absolute Gasteiger partial charge is 0.259 e. The first kappa shape index (κ1) is 23.4. The predicted molar refractivity (Wildman–Crippen MR) is 130 cm³/mol. The number of rotatable bonds is 8. The SMILES string of the molecule is COc1ccccc1C(=O)Nc1c(C)nc(CC(C)C)c(CN)c1-c1ccc(CN)cc1. The maximum Gasteiger partial charge on any atom is 0.259 e. The van der Waals surface area contributed by atoms with E-state index < -0.39 is 0 Å². The largest absolute Gasteiger partial charge is 0.496 e. The molecule has 0 bridgehead atoms. The minimum absolute atomic E-state index is 0.258. The van der Waals surface area contributed by atoms with Gasteiger partial charge in [0.05, 0.1) is 24.1 Å². The number of hydrogen-bond acceptors (Lipinski definition) is 5. The van der Waals surface area contributed by atoms with Crippen molar-refractivity contribution in [3.05, 3.63) is 76.6 Å². The molecule has 0 aliphatic heterocycles. The van der Waals surface area contributed by atoms with Gasteiger partial charge in [0.25, 0.3) is 5.91 Å². The molecule has 0 saturated heterocycles. The molecule has 6 heteroatoms. The fraction of sp³-hybridized carbons (Fsp3) is 0.308. The van der Waals surface area contributed by atoms with Crippen LogP contribution in [0.4, 0.5) is 5.69 Å². The summed E-state index contributed by atoms with van der Waals surface area (Å²) in [6, 6.07) is 15.2. The van der Waals surface area contributed by atoms with Gasteiger partial charge in [-0.3, -0.25) is 9.78 Å². The first-order chi connectivity index (χ1) is 15.4. The van der Waals surface area contributed by atoms with Crippen LogP contribution < -0.4 is 21.5 Å². The number of amides is 1. The number of methoxy groups -OCH3 is 1. The van der Waals surface area contributed by atoms with Gasteiger partial charge in [0, 0.05) is 24.3 Å². The predicted octanol–water partition coefficient (Wildman–Crippen LogP) is 4.43. The average Bonchev–Trinajstić information content (AvgIpc) is 2.80. The molecule has 0 spiro atoms. The van der Waals surface area contributed by atoms with Crippen molar-refractivity contribution in [2.45, 2.75) is 40.3 Å². The van der Waals surface area contributed by atoms with Crippen LogP contribution in [0.1, 0.15) is 46.7 Å². The first-order valence-corrected chi connectivity index (χ1v) is 10.9. The standard InChI is InChI=1S/C26H32N4O2/c1-16(2)13-22-21(15-28)24(19-11-9-18(14-27)10-12-19)25(17(3)29-22)30-26(31)20-7-5-6-8-23(20)32-4/h5-12,16H,13-15,27-28H2,1-4H3,(H,30,31). The minimum atomic E-state index is -0.258. The molecule has 0 atom stereocenters. The van der Waals surface area contributed by atoms with Crippen LogP contribution in [0.25, 0.3) is 11.1 Å². The number of hydrogen-bond donors (Lipinski definition) is 3. The van der Waals surface area contributed by atoms with E-state index in [1.807, 2.05) is 43.3 Å². The molecule has 5 N–H and O–H groups in total. The van der Waals surface area contributed by atoms with E-state index in [4.69, 9.17) is 21.2 Å². The molecule has 3 rings (SSSR count). The number of pyridine rings is 1. The average molecular weight is 433 g/mol. The molecule has 168 valence electrons. The van der Waals surface area contributed by atoms with Gasteiger partial charge in [-0.2, -0.15) is 0 Å². The van der Waals surface area contributed by atoms with E-state index in [2.05, 4.69) is 19.2 Å². The van der Waals surface area contributed by atoms with Crippen molar-refractivity contribution in [1.29, 1.82) is 0 Å². The highest BCUT2D eigenvalue weighted by molar-refractivity contribution is 6.08. The van der Waals surface area contributed by atoms with Crippen molar-refractivity contribution in [2.75, 3.05) is 12.4 Å². The van der Waals surface area contributed by atoms with E-state index >= 15 is 0 Å². The van der Waals surface area contributed by atoms with Crippen LogP contribution in [-0.4, -0.2) is 18.0 Å². The summed E-state index contributed by atoms with van der Waals surface area (Å²) >= 11 is 0. The van der Waals surface area contributed by atoms with Gasteiger partial charge in [-0.15, -0.1) is 0 Å². The van der Waals surface area contributed by atoms with Gasteiger partial charge in [-0.25, -0.2) is 0 Å². The maximum atomic E-state index is 13.2. The number of anilines is 1. The highest BCUT2D eigenvalue weighted by atomic mass is 16.5. The summed E-state index contributed by atoms with van der Waals surface area (Å²) < 4.78 is 5.37. The van der Waals surface area contributed by atoms with Crippen LogP contribution in [0.3, 0.4) is 0 Å². The molecule has 1 heterocycles. The van der Waals surface area contributed by atoms with E-state index in [0.717, 1.165) is 40.1 Å². The Balaban J connectivity index is 2.18. The molecular formula is C26H32N4O2. The molecule has 32 heavy (non-hydrogen) atoms. The number of benzene rings is 2. The van der Waals surface area contributed by atoms with Crippen molar-refractivity contribution >= 4 is 11.6 Å². The summed E-state index contributed by atoms with van der Waals surface area (Å²) in [6.45, 7) is 7.02. The van der Waals surface area contributed by atoms with Crippen LogP contribution in [0.5, 0.6) is 5.75 Å². The third kappa shape index (κ3) is 4.98. The van der Waals surface area contributed by atoms with E-state index in [1.54, 1.807) is 19.2 Å². The maximum absolute atomic E-state index is 13.2. The molecule has 6 nitrogen and oxygen atoms in total. The summed E-state index contributed by atoms with van der Waals surface area (Å²) in [5.74, 6) is 0.681. The van der Waals surface area contributed by atoms with Crippen molar-refractivity contribution in [2.24, 2.45) is 17.4 Å². The third-order valence-corrected chi connectivity index (χ3v) is 5.44. The van der Waals surface area contributed by atoms with Gasteiger partial charge >= 0.3 is 0 Å². The number of aryl methyl sites for hydroxylation is 1. The number of carbonyl (C=O) groups is 1. The van der Waals surface area contributed by atoms with Crippen LogP contribution in [-0.2, 0) is 19.5 Å². The quantitative estimate of drug-likeness (QED) is 0.488. The molecule has 0 unspecified atom stereocenters. The molecule has 3 aromatic rings. The number of carbonyl (C=O) groups excluding carboxylic acids is 1. The molecule has 2 aromatic carbocycles. The van der Waals surface area contributed by atoms with Crippen molar-refractivity contribution in [1.82, 2.24) is 4.98 Å². The fourth-order valence-corrected chi connectivity index (χ4v) is 3.87. The fourth-order valence-electron chi connectivity index (χ4n) is 3.87. The second-order valence-electron chi connectivity index (χ2n) is 8.23. The van der Waals surface area contributed by atoms with Gasteiger partial charge in [-0.1, -0.05) is 50.2 Å². The molecule has 0 saturated carbocycles. The Bertz CT molecular complexity index is 1090. The summed E-state index contributed by atoms with van der Waals surface area (Å²) in [5, 5.41) is 3.09. The Morgan fingerprint density at radius 3 is 2.34 bits per heavy atom. The normalized spacial score (nSPS) is 11.0. The number of nitrogens with one attached hydrogen (secondary N) is 1.